The molecule has 0 amide bonds. The van der Waals surface area contributed by atoms with E-state index in [-0.39, 0.29) is 6.04 Å². The largest absolute Gasteiger partial charge is 0.378 e. The van der Waals surface area contributed by atoms with E-state index in [1.807, 2.05) is 24.3 Å². The minimum atomic E-state index is 0.216. The second-order valence-corrected chi connectivity index (χ2v) is 5.03. The fourth-order valence-corrected chi connectivity index (χ4v) is 2.55. The number of halogens is 1. The summed E-state index contributed by atoms with van der Waals surface area (Å²) in [5, 5.41) is 4.19. The van der Waals surface area contributed by atoms with Crippen LogP contribution in [-0.4, -0.2) is 24.7 Å². The summed E-state index contributed by atoms with van der Waals surface area (Å²) in [5.41, 5.74) is 3.40. The average molecular weight is 275 g/mol. The molecule has 1 saturated heterocycles. The van der Waals surface area contributed by atoms with Crippen LogP contribution in [0, 0.1) is 0 Å². The van der Waals surface area contributed by atoms with Gasteiger partial charge in [0.25, 0.3) is 0 Å². The number of nitrogens with one attached hydrogen (secondary N) is 1. The number of aromatic nitrogens is 1. The molecule has 2 heterocycles. The lowest BCUT2D eigenvalue weighted by atomic mass is 10.00. The highest BCUT2D eigenvalue weighted by Gasteiger charge is 2.16. The predicted octanol–water partition coefficient (Wildman–Crippen LogP) is 3.06. The van der Waals surface area contributed by atoms with E-state index in [2.05, 4.69) is 16.4 Å². The van der Waals surface area contributed by atoms with E-state index < -0.39 is 0 Å². The van der Waals surface area contributed by atoms with Gasteiger partial charge in [-0.05, 0) is 47.0 Å². The Kier molecular flexibility index (Phi) is 3.78. The van der Waals surface area contributed by atoms with Crippen LogP contribution in [0.3, 0.4) is 0 Å². The van der Waals surface area contributed by atoms with Gasteiger partial charge in [-0.2, -0.15) is 0 Å². The lowest BCUT2D eigenvalue weighted by molar-refractivity contribution is 0.0769. The summed E-state index contributed by atoms with van der Waals surface area (Å²) in [6.45, 7) is 2.34. The first-order valence-corrected chi connectivity index (χ1v) is 6.73. The Labute approximate surface area is 117 Å². The fourth-order valence-electron chi connectivity index (χ4n) is 2.30. The first-order chi connectivity index (χ1) is 9.33. The standard InChI is InChI=1S/C15H15ClN2O/c16-14-8-12(11-1-3-17-4-2-11)7-13(9-14)15-10-19-6-5-18-15/h1-4,7-9,15,18H,5-6,10H2. The smallest absolute Gasteiger partial charge is 0.0662 e. The van der Waals surface area contributed by atoms with Crippen LogP contribution in [0.4, 0.5) is 0 Å². The van der Waals surface area contributed by atoms with Gasteiger partial charge in [0.05, 0.1) is 19.3 Å². The molecule has 0 spiro atoms. The van der Waals surface area contributed by atoms with Gasteiger partial charge < -0.3 is 10.1 Å². The maximum Gasteiger partial charge on any atom is 0.0662 e. The summed E-state index contributed by atoms with van der Waals surface area (Å²) in [5.74, 6) is 0. The molecule has 1 fully saturated rings. The number of ether oxygens (including phenoxy) is 1. The molecule has 2 aromatic rings. The van der Waals surface area contributed by atoms with E-state index in [9.17, 15) is 0 Å². The van der Waals surface area contributed by atoms with Crippen molar-refractivity contribution >= 4 is 11.6 Å². The summed E-state index contributed by atoms with van der Waals surface area (Å²) in [6.07, 6.45) is 3.58. The minimum absolute atomic E-state index is 0.216. The van der Waals surface area contributed by atoms with Crippen molar-refractivity contribution in [1.29, 1.82) is 0 Å². The minimum Gasteiger partial charge on any atom is -0.378 e. The second kappa shape index (κ2) is 5.70. The van der Waals surface area contributed by atoms with Crippen molar-refractivity contribution in [1.82, 2.24) is 10.3 Å². The molecule has 98 valence electrons. The van der Waals surface area contributed by atoms with Crippen LogP contribution < -0.4 is 5.32 Å². The molecule has 1 N–H and O–H groups in total. The number of rotatable bonds is 2. The second-order valence-electron chi connectivity index (χ2n) is 4.59. The summed E-state index contributed by atoms with van der Waals surface area (Å²) < 4.78 is 5.51. The molecule has 1 aliphatic heterocycles. The molecule has 1 aliphatic rings. The van der Waals surface area contributed by atoms with E-state index in [0.717, 1.165) is 29.3 Å². The molecule has 19 heavy (non-hydrogen) atoms. The molecule has 3 rings (SSSR count). The Bertz CT molecular complexity index is 553. The van der Waals surface area contributed by atoms with E-state index in [4.69, 9.17) is 16.3 Å². The van der Waals surface area contributed by atoms with Crippen molar-refractivity contribution in [2.75, 3.05) is 19.8 Å². The zero-order valence-corrected chi connectivity index (χ0v) is 11.2. The highest BCUT2D eigenvalue weighted by molar-refractivity contribution is 6.31. The molecule has 3 nitrogen and oxygen atoms in total. The SMILES string of the molecule is Clc1cc(-c2ccncc2)cc(C2COCCN2)c1. The summed E-state index contributed by atoms with van der Waals surface area (Å²) in [6, 6.07) is 10.3. The first kappa shape index (κ1) is 12.6. The van der Waals surface area contributed by atoms with Crippen molar-refractivity contribution in [3.63, 3.8) is 0 Å². The third-order valence-electron chi connectivity index (χ3n) is 3.26. The van der Waals surface area contributed by atoms with E-state index in [1.54, 1.807) is 12.4 Å². The van der Waals surface area contributed by atoms with Gasteiger partial charge in [-0.15, -0.1) is 0 Å². The van der Waals surface area contributed by atoms with E-state index in [0.29, 0.717) is 6.61 Å². The highest BCUT2D eigenvalue weighted by atomic mass is 35.5. The van der Waals surface area contributed by atoms with Gasteiger partial charge in [0, 0.05) is 24.0 Å². The molecule has 1 aromatic heterocycles. The third-order valence-corrected chi connectivity index (χ3v) is 3.48. The van der Waals surface area contributed by atoms with Crippen LogP contribution in [0.15, 0.2) is 42.7 Å². The van der Waals surface area contributed by atoms with Crippen molar-refractivity contribution in [3.8, 4) is 11.1 Å². The quantitative estimate of drug-likeness (QED) is 0.914. The highest BCUT2D eigenvalue weighted by Crippen LogP contribution is 2.28. The number of nitrogens with zero attached hydrogens (tertiary/aromatic N) is 1. The topological polar surface area (TPSA) is 34.1 Å². The lowest BCUT2D eigenvalue weighted by Crippen LogP contribution is -2.34. The van der Waals surface area contributed by atoms with Crippen LogP contribution in [0.2, 0.25) is 5.02 Å². The van der Waals surface area contributed by atoms with Crippen LogP contribution >= 0.6 is 11.6 Å². The predicted molar refractivity (Wildman–Crippen MR) is 76.2 cm³/mol. The van der Waals surface area contributed by atoms with Crippen LogP contribution in [0.5, 0.6) is 0 Å². The molecular formula is C15H15ClN2O. The molecule has 0 radical (unpaired) electrons. The maximum absolute atomic E-state index is 6.23. The number of hydrogen-bond donors (Lipinski definition) is 1. The van der Waals surface area contributed by atoms with Crippen LogP contribution in [0.1, 0.15) is 11.6 Å². The fraction of sp³-hybridized carbons (Fsp3) is 0.267. The molecule has 1 atom stereocenters. The third kappa shape index (κ3) is 2.95. The van der Waals surface area contributed by atoms with E-state index in [1.165, 1.54) is 5.56 Å². The van der Waals surface area contributed by atoms with Gasteiger partial charge in [0.1, 0.15) is 0 Å². The molecule has 0 aliphatic carbocycles. The molecule has 4 heteroatoms. The lowest BCUT2D eigenvalue weighted by Gasteiger charge is -2.24. The molecule has 0 bridgehead atoms. The monoisotopic (exact) mass is 274 g/mol. The molecule has 1 unspecified atom stereocenters. The van der Waals surface area contributed by atoms with Gasteiger partial charge in [0.15, 0.2) is 0 Å². The van der Waals surface area contributed by atoms with Gasteiger partial charge in [-0.1, -0.05) is 11.6 Å². The van der Waals surface area contributed by atoms with Gasteiger partial charge in [-0.3, -0.25) is 4.98 Å². The van der Waals surface area contributed by atoms with Gasteiger partial charge in [0.2, 0.25) is 0 Å². The number of morpholine rings is 1. The zero-order chi connectivity index (χ0) is 13.1. The van der Waals surface area contributed by atoms with Crippen LogP contribution in [-0.2, 0) is 4.74 Å². The van der Waals surface area contributed by atoms with E-state index >= 15 is 0 Å². The molecule has 1 aromatic carbocycles. The van der Waals surface area contributed by atoms with Crippen molar-refractivity contribution in [2.24, 2.45) is 0 Å². The first-order valence-electron chi connectivity index (χ1n) is 6.35. The number of hydrogen-bond acceptors (Lipinski definition) is 3. The number of benzene rings is 1. The summed E-state index contributed by atoms with van der Waals surface area (Å²) in [4.78, 5) is 4.04. The molecule has 0 saturated carbocycles. The number of pyridine rings is 1. The zero-order valence-electron chi connectivity index (χ0n) is 10.5. The Morgan fingerprint density at radius 2 is 2.00 bits per heavy atom. The molecular weight excluding hydrogens is 260 g/mol. The Morgan fingerprint density at radius 1 is 1.16 bits per heavy atom. The normalized spacial score (nSPS) is 19.3. The summed E-state index contributed by atoms with van der Waals surface area (Å²) in [7, 11) is 0. The Balaban J connectivity index is 1.96. The van der Waals surface area contributed by atoms with Crippen molar-refractivity contribution in [3.05, 3.63) is 53.3 Å². The Morgan fingerprint density at radius 3 is 2.74 bits per heavy atom. The average Bonchev–Trinajstić information content (AvgIpc) is 2.48. The summed E-state index contributed by atoms with van der Waals surface area (Å²) >= 11 is 6.23. The van der Waals surface area contributed by atoms with Crippen molar-refractivity contribution < 1.29 is 4.74 Å². The van der Waals surface area contributed by atoms with Gasteiger partial charge >= 0.3 is 0 Å². The maximum atomic E-state index is 6.23. The van der Waals surface area contributed by atoms with Crippen LogP contribution in [0.25, 0.3) is 11.1 Å². The van der Waals surface area contributed by atoms with Gasteiger partial charge in [-0.25, -0.2) is 0 Å². The Hall–Kier alpha value is -1.42. The van der Waals surface area contributed by atoms with Crippen molar-refractivity contribution in [2.45, 2.75) is 6.04 Å².